The molecule has 0 unspecified atom stereocenters. The number of unbranched alkanes of at least 4 members (excludes halogenated alkanes) is 4. The maximum absolute atomic E-state index is 3.78. The van der Waals surface area contributed by atoms with Crippen LogP contribution < -0.4 is 5.32 Å². The van der Waals surface area contributed by atoms with Crippen LogP contribution >= 0.6 is 0 Å². The van der Waals surface area contributed by atoms with E-state index in [0.717, 1.165) is 11.4 Å². The van der Waals surface area contributed by atoms with Gasteiger partial charge >= 0.3 is 0 Å². The molecule has 222 valence electrons. The highest BCUT2D eigenvalue weighted by Gasteiger charge is 2.03. The van der Waals surface area contributed by atoms with Gasteiger partial charge in [-0.1, -0.05) is 108 Å². The Balaban J connectivity index is 0. The van der Waals surface area contributed by atoms with Gasteiger partial charge in [0.15, 0.2) is 0 Å². The fraction of sp³-hybridized carbons (Fsp3) is 0.568. The van der Waals surface area contributed by atoms with Gasteiger partial charge in [0.25, 0.3) is 0 Å². The molecule has 0 saturated heterocycles. The molecule has 1 N–H and O–H groups in total. The predicted molar refractivity (Wildman–Crippen MR) is 181 cm³/mol. The molecule has 39 heavy (non-hydrogen) atoms. The van der Waals surface area contributed by atoms with E-state index in [1.165, 1.54) is 99.7 Å². The molecule has 2 aromatic rings. The molecule has 0 aromatic heterocycles. The molecule has 0 aliphatic heterocycles. The van der Waals surface area contributed by atoms with E-state index in [-0.39, 0.29) is 0 Å². The molecule has 0 saturated carbocycles. The van der Waals surface area contributed by atoms with Crippen LogP contribution in [-0.4, -0.2) is 24.5 Å². The molecule has 2 heteroatoms. The minimum atomic E-state index is 0.972. The first-order chi connectivity index (χ1) is 18.6. The topological polar surface area (TPSA) is 15.3 Å². The number of nitrogens with zero attached hydrogens (tertiary/aromatic N) is 1. The van der Waals surface area contributed by atoms with Gasteiger partial charge in [-0.2, -0.15) is 0 Å². The van der Waals surface area contributed by atoms with E-state index in [2.05, 4.69) is 95.2 Å². The zero-order valence-corrected chi connectivity index (χ0v) is 27.5. The Morgan fingerprint density at radius 3 is 1.69 bits per heavy atom. The lowest BCUT2D eigenvalue weighted by atomic mass is 10.0. The smallest absolute Gasteiger partial charge is 0.0411 e. The molecular formula is C37H64N2. The number of rotatable bonds is 14. The van der Waals surface area contributed by atoms with Crippen LogP contribution in [0.4, 0.5) is 5.69 Å². The average Bonchev–Trinajstić information content (AvgIpc) is 2.87. The first-order valence-electron chi connectivity index (χ1n) is 15.5. The summed E-state index contributed by atoms with van der Waals surface area (Å²) in [4.78, 5) is 2.66. The van der Waals surface area contributed by atoms with Crippen LogP contribution in [0, 0.1) is 13.8 Å². The number of allylic oxidation sites excluding steroid dienone is 2. The van der Waals surface area contributed by atoms with Crippen LogP contribution in [0.1, 0.15) is 117 Å². The summed E-state index contributed by atoms with van der Waals surface area (Å²) in [5.74, 6) is 0. The summed E-state index contributed by atoms with van der Waals surface area (Å²) in [6.45, 7) is 30.2. The summed E-state index contributed by atoms with van der Waals surface area (Å²) in [5.41, 5.74) is 7.51. The molecule has 2 aromatic carbocycles. The summed E-state index contributed by atoms with van der Waals surface area (Å²) in [7, 11) is 0. The maximum atomic E-state index is 3.78. The average molecular weight is 537 g/mol. The van der Waals surface area contributed by atoms with Crippen molar-refractivity contribution in [2.24, 2.45) is 0 Å². The highest BCUT2D eigenvalue weighted by atomic mass is 15.1. The molecule has 2 nitrogen and oxygen atoms in total. The van der Waals surface area contributed by atoms with Crippen molar-refractivity contribution < 1.29 is 0 Å². The summed E-state index contributed by atoms with van der Waals surface area (Å²) in [6, 6.07) is 17.0. The van der Waals surface area contributed by atoms with Gasteiger partial charge in [-0.05, 0) is 109 Å². The normalized spacial score (nSPS) is 9.79. The van der Waals surface area contributed by atoms with Gasteiger partial charge in [-0.3, -0.25) is 0 Å². The Bertz CT molecular complexity index is 848. The van der Waals surface area contributed by atoms with Crippen LogP contribution in [0.3, 0.4) is 0 Å². The van der Waals surface area contributed by atoms with Crippen molar-refractivity contribution in [3.8, 4) is 0 Å². The van der Waals surface area contributed by atoms with Crippen LogP contribution in [0.5, 0.6) is 0 Å². The minimum absolute atomic E-state index is 0.972. The van der Waals surface area contributed by atoms with E-state index in [1.54, 1.807) is 0 Å². The minimum Gasteiger partial charge on any atom is -0.360 e. The SMILES string of the molecule is C=C(C)C.C=C(C)Nc1ccccc1C.CCC.CCCCN(CCC)CCCCCCc1ccccc1C. The van der Waals surface area contributed by atoms with Gasteiger partial charge < -0.3 is 10.2 Å². The van der Waals surface area contributed by atoms with Crippen LogP contribution in [0.15, 0.2) is 73.0 Å². The molecule has 0 spiro atoms. The van der Waals surface area contributed by atoms with Gasteiger partial charge in [0.2, 0.25) is 0 Å². The lowest BCUT2D eigenvalue weighted by Gasteiger charge is -2.21. The number of anilines is 1. The molecule has 0 heterocycles. The first-order valence-corrected chi connectivity index (χ1v) is 15.5. The molecular weight excluding hydrogens is 472 g/mol. The van der Waals surface area contributed by atoms with E-state index in [4.69, 9.17) is 0 Å². The maximum Gasteiger partial charge on any atom is 0.0411 e. The number of hydrogen-bond donors (Lipinski definition) is 1. The number of nitrogens with one attached hydrogen (secondary N) is 1. The van der Waals surface area contributed by atoms with Crippen molar-refractivity contribution in [3.05, 3.63) is 89.6 Å². The Hall–Kier alpha value is -2.32. The van der Waals surface area contributed by atoms with Gasteiger partial charge in [-0.25, -0.2) is 0 Å². The van der Waals surface area contributed by atoms with Gasteiger partial charge in [0, 0.05) is 11.4 Å². The van der Waals surface area contributed by atoms with Gasteiger partial charge in [0.05, 0.1) is 0 Å². The van der Waals surface area contributed by atoms with Crippen molar-refractivity contribution >= 4 is 5.69 Å². The summed E-state index contributed by atoms with van der Waals surface area (Å²) < 4.78 is 0. The second kappa shape index (κ2) is 27.3. The number of benzene rings is 2. The zero-order valence-electron chi connectivity index (χ0n) is 27.5. The van der Waals surface area contributed by atoms with Crippen LogP contribution in [0.25, 0.3) is 0 Å². The predicted octanol–water partition coefficient (Wildman–Crippen LogP) is 11.5. The second-order valence-electron chi connectivity index (χ2n) is 10.9. The molecule has 0 amide bonds. The lowest BCUT2D eigenvalue weighted by Crippen LogP contribution is -2.26. The molecule has 2 rings (SSSR count). The number of hydrogen-bond acceptors (Lipinski definition) is 2. The monoisotopic (exact) mass is 537 g/mol. The molecule has 0 atom stereocenters. The molecule has 0 aliphatic rings. The third kappa shape index (κ3) is 25.7. The van der Waals surface area contributed by atoms with Crippen molar-refractivity contribution in [1.82, 2.24) is 4.90 Å². The van der Waals surface area contributed by atoms with Crippen molar-refractivity contribution in [1.29, 1.82) is 0 Å². The number of para-hydroxylation sites is 1. The largest absolute Gasteiger partial charge is 0.360 e. The Kier molecular flexibility index (Phi) is 27.1. The zero-order chi connectivity index (χ0) is 29.9. The van der Waals surface area contributed by atoms with Crippen molar-refractivity contribution in [2.75, 3.05) is 25.0 Å². The standard InChI is InChI=1S/C20H35N.C10H13N.C4H8.C3H8/c1-4-6-17-21(16-5-2)18-12-8-7-9-14-20-15-11-10-13-19(20)3;1-8(2)11-10-7-5-4-6-9(10)3;1-4(2)3;1-3-2/h10-11,13,15H,4-9,12,14,16-18H2,1-3H3;4-7,11H,1H2,2-3H3;1H2,2-3H3;3H2,1-2H3. The van der Waals surface area contributed by atoms with E-state index >= 15 is 0 Å². The fourth-order valence-electron chi connectivity index (χ4n) is 3.87. The summed E-state index contributed by atoms with van der Waals surface area (Å²) in [5, 5.41) is 3.18. The Morgan fingerprint density at radius 1 is 0.667 bits per heavy atom. The van der Waals surface area contributed by atoms with Crippen molar-refractivity contribution in [3.63, 3.8) is 0 Å². The first kappa shape index (κ1) is 38.8. The molecule has 0 aliphatic carbocycles. The second-order valence-corrected chi connectivity index (χ2v) is 10.9. The molecule has 0 radical (unpaired) electrons. The summed E-state index contributed by atoms with van der Waals surface area (Å²) >= 11 is 0. The molecule has 0 bridgehead atoms. The Morgan fingerprint density at radius 2 is 1.18 bits per heavy atom. The highest BCUT2D eigenvalue weighted by molar-refractivity contribution is 5.53. The molecule has 0 fully saturated rings. The quantitative estimate of drug-likeness (QED) is 0.191. The third-order valence-corrected chi connectivity index (χ3v) is 5.79. The third-order valence-electron chi connectivity index (χ3n) is 5.79. The Labute approximate surface area is 245 Å². The van der Waals surface area contributed by atoms with Gasteiger partial charge in [-0.15, -0.1) is 6.58 Å². The fourth-order valence-corrected chi connectivity index (χ4v) is 3.87. The van der Waals surface area contributed by atoms with E-state index in [1.807, 2.05) is 39.0 Å². The number of aryl methyl sites for hydroxylation is 3. The highest BCUT2D eigenvalue weighted by Crippen LogP contribution is 2.14. The van der Waals surface area contributed by atoms with Gasteiger partial charge in [0.1, 0.15) is 0 Å². The van der Waals surface area contributed by atoms with E-state index < -0.39 is 0 Å². The van der Waals surface area contributed by atoms with Crippen LogP contribution in [-0.2, 0) is 6.42 Å². The van der Waals surface area contributed by atoms with Crippen LogP contribution in [0.2, 0.25) is 0 Å². The summed E-state index contributed by atoms with van der Waals surface area (Å²) in [6.07, 6.45) is 11.9. The van der Waals surface area contributed by atoms with E-state index in [9.17, 15) is 0 Å². The van der Waals surface area contributed by atoms with E-state index in [0.29, 0.717) is 0 Å². The van der Waals surface area contributed by atoms with Crippen molar-refractivity contribution in [2.45, 2.75) is 120 Å². The lowest BCUT2D eigenvalue weighted by molar-refractivity contribution is 0.263.